The lowest BCUT2D eigenvalue weighted by Crippen LogP contribution is -2.41. The Hall–Kier alpha value is -1.49. The van der Waals surface area contributed by atoms with Crippen LogP contribution < -0.4 is 0 Å². The summed E-state index contributed by atoms with van der Waals surface area (Å²) < 4.78 is 6.50. The normalized spacial score (nSPS) is 32.0. The first-order valence-electron chi connectivity index (χ1n) is 10.6. The van der Waals surface area contributed by atoms with Crippen LogP contribution in [-0.4, -0.2) is 36.2 Å². The molecule has 3 nitrogen and oxygen atoms in total. The maximum absolute atomic E-state index is 13.0. The molecule has 29 heavy (non-hydrogen) atoms. The number of esters is 1. The maximum Gasteiger partial charge on any atom is 0.315 e. The van der Waals surface area contributed by atoms with Crippen molar-refractivity contribution < 1.29 is 14.0 Å². The smallest absolute Gasteiger partial charge is 0.315 e. The first-order valence-corrected chi connectivity index (χ1v) is 12.0. The number of fused-ring (bicyclic) bond motifs is 7. The molecule has 2 aromatic carbocycles. The summed E-state index contributed by atoms with van der Waals surface area (Å²) >= 11 is 8.43. The summed E-state index contributed by atoms with van der Waals surface area (Å²) in [6.45, 7) is 6.72. The monoisotopic (exact) mass is 428 g/mol. The van der Waals surface area contributed by atoms with Gasteiger partial charge in [-0.1, -0.05) is 35.9 Å². The molecule has 5 heteroatoms. The van der Waals surface area contributed by atoms with E-state index < -0.39 is 0 Å². The van der Waals surface area contributed by atoms with Crippen molar-refractivity contribution in [3.8, 4) is 0 Å². The van der Waals surface area contributed by atoms with Crippen LogP contribution in [0.5, 0.6) is 0 Å². The lowest BCUT2D eigenvalue weighted by molar-refractivity contribution is -0.846. The van der Waals surface area contributed by atoms with Crippen molar-refractivity contribution in [2.75, 3.05) is 19.7 Å². The number of halogens is 1. The molecular formula is C24H27ClNO2S+. The lowest BCUT2D eigenvalue weighted by atomic mass is 9.80. The van der Waals surface area contributed by atoms with Gasteiger partial charge < -0.3 is 4.74 Å². The fourth-order valence-electron chi connectivity index (χ4n) is 6.40. The van der Waals surface area contributed by atoms with Crippen molar-refractivity contribution in [1.82, 2.24) is 0 Å². The zero-order valence-electron chi connectivity index (χ0n) is 17.0. The van der Waals surface area contributed by atoms with Gasteiger partial charge in [0.15, 0.2) is 6.04 Å². The minimum Gasteiger partial charge on any atom is -0.466 e. The molecule has 4 atom stereocenters. The van der Waals surface area contributed by atoms with E-state index in [1.54, 1.807) is 0 Å². The average Bonchev–Trinajstić information content (AvgIpc) is 3.40. The van der Waals surface area contributed by atoms with Crippen LogP contribution in [0.3, 0.4) is 0 Å². The summed E-state index contributed by atoms with van der Waals surface area (Å²) in [4.78, 5) is 14.3. The molecule has 0 amide bonds. The second-order valence-electron chi connectivity index (χ2n) is 8.37. The number of benzene rings is 2. The maximum atomic E-state index is 13.0. The molecule has 0 radical (unpaired) electrons. The van der Waals surface area contributed by atoms with Gasteiger partial charge in [-0.15, -0.1) is 11.8 Å². The predicted molar refractivity (Wildman–Crippen MR) is 117 cm³/mol. The van der Waals surface area contributed by atoms with Crippen LogP contribution in [0.25, 0.3) is 0 Å². The Morgan fingerprint density at radius 1 is 1.24 bits per heavy atom. The Bertz CT molecular complexity index is 979. The van der Waals surface area contributed by atoms with Gasteiger partial charge >= 0.3 is 5.97 Å². The van der Waals surface area contributed by atoms with Crippen LogP contribution >= 0.6 is 23.4 Å². The van der Waals surface area contributed by atoms with E-state index in [4.69, 9.17) is 16.3 Å². The Labute approximate surface area is 182 Å². The van der Waals surface area contributed by atoms with Gasteiger partial charge in [-0.3, -0.25) is 9.28 Å². The summed E-state index contributed by atoms with van der Waals surface area (Å²) in [5.74, 6) is 0.863. The van der Waals surface area contributed by atoms with E-state index in [1.165, 1.54) is 21.6 Å². The molecule has 0 N–H and O–H groups in total. The predicted octanol–water partition coefficient (Wildman–Crippen LogP) is 5.38. The van der Waals surface area contributed by atoms with Crippen molar-refractivity contribution >= 4 is 29.3 Å². The molecule has 3 aliphatic heterocycles. The topological polar surface area (TPSA) is 26.3 Å². The van der Waals surface area contributed by atoms with Gasteiger partial charge in [-0.05, 0) is 50.5 Å². The molecular weight excluding hydrogens is 402 g/mol. The van der Waals surface area contributed by atoms with E-state index in [1.807, 2.05) is 24.8 Å². The number of carbonyl (C=O) groups excluding carboxylic acids is 1. The molecule has 0 aliphatic carbocycles. The van der Waals surface area contributed by atoms with Crippen molar-refractivity contribution in [2.24, 2.45) is 5.92 Å². The molecule has 0 bridgehead atoms. The van der Waals surface area contributed by atoms with Crippen molar-refractivity contribution in [2.45, 2.75) is 48.9 Å². The van der Waals surface area contributed by atoms with Crippen molar-refractivity contribution in [3.05, 3.63) is 64.2 Å². The molecule has 2 fully saturated rings. The van der Waals surface area contributed by atoms with Gasteiger partial charge in [0.05, 0.1) is 19.7 Å². The number of nitrogens with zero attached hydrogens (tertiary/aromatic N) is 1. The van der Waals surface area contributed by atoms with Crippen LogP contribution in [-0.2, 0) is 20.8 Å². The number of rotatable bonds is 3. The molecule has 3 heterocycles. The largest absolute Gasteiger partial charge is 0.466 e. The number of thioether (sulfide) groups is 1. The average molecular weight is 429 g/mol. The molecule has 0 saturated carbocycles. The van der Waals surface area contributed by atoms with Gasteiger partial charge in [-0.2, -0.15) is 0 Å². The quantitative estimate of drug-likeness (QED) is 0.373. The molecule has 3 aliphatic rings. The Morgan fingerprint density at radius 3 is 2.86 bits per heavy atom. The fraction of sp³-hybridized carbons (Fsp3) is 0.458. The summed E-state index contributed by atoms with van der Waals surface area (Å²) in [5.41, 5.74) is 3.87. The first kappa shape index (κ1) is 19.5. The number of hydrogen-bond acceptors (Lipinski definition) is 3. The number of quaternary nitrogens is 1. The molecule has 2 saturated heterocycles. The number of hydrogen-bond donors (Lipinski definition) is 0. The number of piperidine rings is 1. The van der Waals surface area contributed by atoms with E-state index in [2.05, 4.69) is 43.3 Å². The van der Waals surface area contributed by atoms with Crippen LogP contribution in [0.15, 0.2) is 47.4 Å². The van der Waals surface area contributed by atoms with Crippen LogP contribution in [0.4, 0.5) is 0 Å². The van der Waals surface area contributed by atoms with Gasteiger partial charge in [0.25, 0.3) is 0 Å². The second-order valence-corrected chi connectivity index (χ2v) is 9.83. The van der Waals surface area contributed by atoms with E-state index >= 15 is 0 Å². The SMILES string of the molecule is CCOC(=O)C1CCC[N+]2(CC)C1[C@]21c2ccccc2CSc2ccc(Cl)cc21. The second kappa shape index (κ2) is 7.04. The first-order chi connectivity index (χ1) is 14.1. The van der Waals surface area contributed by atoms with Crippen LogP contribution in [0.2, 0.25) is 5.02 Å². The summed E-state index contributed by atoms with van der Waals surface area (Å²) in [6.07, 6.45) is 1.97. The zero-order chi connectivity index (χ0) is 20.2. The third-order valence-electron chi connectivity index (χ3n) is 7.37. The minimum atomic E-state index is -0.205. The van der Waals surface area contributed by atoms with Gasteiger partial charge in [-0.25, -0.2) is 0 Å². The highest BCUT2D eigenvalue weighted by atomic mass is 35.5. The molecule has 2 aromatic rings. The molecule has 5 rings (SSSR count). The standard InChI is InChI=1S/C24H27ClNO2S/c1-3-26-13-7-9-18(23(27)28-4-2)22(26)24(26)19-10-6-5-8-16(19)15-29-21-12-11-17(25)14-20(21)24/h5-6,8,10-12,14,18,22H,3-4,7,9,13,15H2,1-2H3/q+1/t18?,22?,24-,26?/m1/s1. The van der Waals surface area contributed by atoms with E-state index in [9.17, 15) is 4.79 Å². The van der Waals surface area contributed by atoms with E-state index in [0.29, 0.717) is 6.61 Å². The van der Waals surface area contributed by atoms with Crippen molar-refractivity contribution in [3.63, 3.8) is 0 Å². The molecule has 1 spiro atoms. The fourth-order valence-corrected chi connectivity index (χ4v) is 7.67. The third kappa shape index (κ3) is 2.52. The highest BCUT2D eigenvalue weighted by molar-refractivity contribution is 7.98. The van der Waals surface area contributed by atoms with Crippen LogP contribution in [0, 0.1) is 5.92 Å². The summed E-state index contributed by atoms with van der Waals surface area (Å²) in [5, 5.41) is 0.773. The highest BCUT2D eigenvalue weighted by Crippen LogP contribution is 2.69. The Morgan fingerprint density at radius 2 is 2.07 bits per heavy atom. The van der Waals surface area contributed by atoms with Gasteiger partial charge in [0.1, 0.15) is 5.92 Å². The highest BCUT2D eigenvalue weighted by Gasteiger charge is 2.84. The summed E-state index contributed by atoms with van der Waals surface area (Å²) in [7, 11) is 0. The molecule has 3 unspecified atom stereocenters. The van der Waals surface area contributed by atoms with E-state index in [-0.39, 0.29) is 23.5 Å². The zero-order valence-corrected chi connectivity index (χ0v) is 18.6. The summed E-state index contributed by atoms with van der Waals surface area (Å²) in [6, 6.07) is 15.4. The Balaban J connectivity index is 1.79. The van der Waals surface area contributed by atoms with Crippen LogP contribution in [0.1, 0.15) is 43.4 Å². The van der Waals surface area contributed by atoms with Crippen molar-refractivity contribution in [1.29, 1.82) is 0 Å². The third-order valence-corrected chi connectivity index (χ3v) is 8.72. The van der Waals surface area contributed by atoms with E-state index in [0.717, 1.165) is 41.2 Å². The number of ether oxygens (including phenoxy) is 1. The van der Waals surface area contributed by atoms with Gasteiger partial charge in [0, 0.05) is 26.8 Å². The molecule has 152 valence electrons. The molecule has 0 aromatic heterocycles. The minimum absolute atomic E-state index is 0.0250. The lowest BCUT2D eigenvalue weighted by Gasteiger charge is -2.30. The Kier molecular flexibility index (Phi) is 4.73. The van der Waals surface area contributed by atoms with Gasteiger partial charge in [0.2, 0.25) is 5.54 Å². The number of likely N-dealkylation sites (N-methyl/N-ethyl adjacent to an activating group) is 1. The number of carbonyl (C=O) groups is 1.